The van der Waals surface area contributed by atoms with Crippen molar-refractivity contribution in [3.05, 3.63) is 52.3 Å². The van der Waals surface area contributed by atoms with Gasteiger partial charge in [-0.1, -0.05) is 36.8 Å². The Balaban J connectivity index is 1.75. The number of likely N-dealkylation sites (N-methyl/N-ethyl adjacent to an activating group) is 1. The first-order chi connectivity index (χ1) is 11.6. The maximum atomic E-state index is 12.9. The molecule has 0 bridgehead atoms. The summed E-state index contributed by atoms with van der Waals surface area (Å²) in [6.45, 7) is 5.87. The Kier molecular flexibility index (Phi) is 5.00. The zero-order valence-electron chi connectivity index (χ0n) is 14.7. The molecule has 1 aliphatic rings. The van der Waals surface area contributed by atoms with Gasteiger partial charge in [-0.05, 0) is 25.3 Å². The minimum absolute atomic E-state index is 0.00941. The van der Waals surface area contributed by atoms with Crippen molar-refractivity contribution in [2.75, 3.05) is 13.6 Å². The highest BCUT2D eigenvalue weighted by Gasteiger charge is 2.27. The van der Waals surface area contributed by atoms with E-state index in [1.165, 1.54) is 11.1 Å². The second kappa shape index (κ2) is 7.18. The summed E-state index contributed by atoms with van der Waals surface area (Å²) in [6.07, 6.45) is 2.69. The molecular formula is C19H26N4O. The van der Waals surface area contributed by atoms with E-state index in [0.29, 0.717) is 5.69 Å². The predicted molar refractivity (Wildman–Crippen MR) is 95.1 cm³/mol. The van der Waals surface area contributed by atoms with Crippen LogP contribution in [0.5, 0.6) is 0 Å². The fraction of sp³-hybridized carbons (Fsp3) is 0.474. The van der Waals surface area contributed by atoms with Crippen molar-refractivity contribution in [2.45, 2.75) is 45.7 Å². The number of nitrogens with zero attached hydrogens (tertiary/aromatic N) is 2. The van der Waals surface area contributed by atoms with Crippen LogP contribution in [0.25, 0.3) is 0 Å². The third kappa shape index (κ3) is 3.36. The van der Waals surface area contributed by atoms with Crippen molar-refractivity contribution in [3.8, 4) is 0 Å². The van der Waals surface area contributed by atoms with E-state index >= 15 is 0 Å². The lowest BCUT2D eigenvalue weighted by Crippen LogP contribution is -2.39. The van der Waals surface area contributed by atoms with Crippen LogP contribution in [0.1, 0.15) is 46.2 Å². The summed E-state index contributed by atoms with van der Waals surface area (Å²) < 4.78 is 0. The summed E-state index contributed by atoms with van der Waals surface area (Å²) >= 11 is 0. The molecule has 1 aliphatic heterocycles. The Morgan fingerprint density at radius 3 is 2.79 bits per heavy atom. The highest BCUT2D eigenvalue weighted by atomic mass is 16.2. The monoisotopic (exact) mass is 326 g/mol. The standard InChI is InChI=1S/C19H26N4O/c1-4-15(11-14-7-5-13(2)6-8-14)23(3)19(24)18-16-12-20-10-9-17(16)21-22-18/h5-8,15,20H,4,9-12H2,1-3H3,(H,21,22). The molecule has 24 heavy (non-hydrogen) atoms. The first-order valence-corrected chi connectivity index (χ1v) is 8.69. The molecule has 2 aromatic rings. The molecule has 128 valence electrons. The molecule has 0 radical (unpaired) electrons. The number of nitrogens with one attached hydrogen (secondary N) is 2. The molecular weight excluding hydrogens is 300 g/mol. The fourth-order valence-electron chi connectivity index (χ4n) is 3.29. The summed E-state index contributed by atoms with van der Waals surface area (Å²) in [5.41, 5.74) is 5.21. The van der Waals surface area contributed by atoms with Crippen molar-refractivity contribution < 1.29 is 4.79 Å². The van der Waals surface area contributed by atoms with E-state index in [1.54, 1.807) is 0 Å². The summed E-state index contributed by atoms with van der Waals surface area (Å²) in [7, 11) is 1.89. The van der Waals surface area contributed by atoms with Gasteiger partial charge < -0.3 is 10.2 Å². The molecule has 2 heterocycles. The van der Waals surface area contributed by atoms with Gasteiger partial charge in [0.2, 0.25) is 0 Å². The first-order valence-electron chi connectivity index (χ1n) is 8.69. The van der Waals surface area contributed by atoms with Crippen LogP contribution in [-0.4, -0.2) is 40.6 Å². The van der Waals surface area contributed by atoms with Gasteiger partial charge in [0.1, 0.15) is 0 Å². The lowest BCUT2D eigenvalue weighted by molar-refractivity contribution is 0.0719. The quantitative estimate of drug-likeness (QED) is 0.887. The average molecular weight is 326 g/mol. The van der Waals surface area contributed by atoms with Gasteiger partial charge in [-0.2, -0.15) is 5.10 Å². The van der Waals surface area contributed by atoms with Crippen LogP contribution in [0.2, 0.25) is 0 Å². The Morgan fingerprint density at radius 1 is 1.33 bits per heavy atom. The number of carbonyl (C=O) groups is 1. The normalized spacial score (nSPS) is 15.0. The predicted octanol–water partition coefficient (Wildman–Crippen LogP) is 2.46. The molecule has 0 aliphatic carbocycles. The van der Waals surface area contributed by atoms with Gasteiger partial charge in [-0.15, -0.1) is 0 Å². The van der Waals surface area contributed by atoms with E-state index in [4.69, 9.17) is 0 Å². The number of hydrogen-bond acceptors (Lipinski definition) is 3. The second-order valence-electron chi connectivity index (χ2n) is 6.62. The Labute approximate surface area is 143 Å². The van der Waals surface area contributed by atoms with E-state index in [1.807, 2.05) is 11.9 Å². The minimum Gasteiger partial charge on any atom is -0.337 e. The summed E-state index contributed by atoms with van der Waals surface area (Å²) in [6, 6.07) is 8.72. The molecule has 1 aromatic carbocycles. The maximum absolute atomic E-state index is 12.9. The molecule has 0 saturated carbocycles. The minimum atomic E-state index is 0.00941. The molecule has 5 nitrogen and oxygen atoms in total. The number of hydrogen-bond donors (Lipinski definition) is 2. The molecule has 3 rings (SSSR count). The van der Waals surface area contributed by atoms with Gasteiger partial charge in [0.15, 0.2) is 5.69 Å². The van der Waals surface area contributed by atoms with E-state index in [-0.39, 0.29) is 11.9 Å². The van der Waals surface area contributed by atoms with Crippen LogP contribution in [-0.2, 0) is 19.4 Å². The molecule has 5 heteroatoms. The number of carbonyl (C=O) groups excluding carboxylic acids is 1. The van der Waals surface area contributed by atoms with E-state index in [9.17, 15) is 4.79 Å². The van der Waals surface area contributed by atoms with E-state index in [2.05, 4.69) is 53.6 Å². The van der Waals surface area contributed by atoms with Crippen LogP contribution in [0.3, 0.4) is 0 Å². The zero-order valence-corrected chi connectivity index (χ0v) is 14.7. The first kappa shape index (κ1) is 16.7. The van der Waals surface area contributed by atoms with Crippen LogP contribution in [0.15, 0.2) is 24.3 Å². The van der Waals surface area contributed by atoms with Gasteiger partial charge >= 0.3 is 0 Å². The lowest BCUT2D eigenvalue weighted by atomic mass is 10.0. The smallest absolute Gasteiger partial charge is 0.274 e. The molecule has 1 amide bonds. The van der Waals surface area contributed by atoms with Crippen molar-refractivity contribution in [1.82, 2.24) is 20.4 Å². The molecule has 1 aromatic heterocycles. The number of aromatic amines is 1. The van der Waals surface area contributed by atoms with Crippen LogP contribution in [0, 0.1) is 6.92 Å². The van der Waals surface area contributed by atoms with Crippen molar-refractivity contribution >= 4 is 5.91 Å². The third-order valence-electron chi connectivity index (χ3n) is 4.94. The van der Waals surface area contributed by atoms with Crippen molar-refractivity contribution in [2.24, 2.45) is 0 Å². The van der Waals surface area contributed by atoms with Crippen LogP contribution >= 0.6 is 0 Å². The molecule has 1 atom stereocenters. The van der Waals surface area contributed by atoms with Crippen LogP contribution in [0.4, 0.5) is 0 Å². The topological polar surface area (TPSA) is 61.0 Å². The third-order valence-corrected chi connectivity index (χ3v) is 4.94. The Bertz CT molecular complexity index is 705. The molecule has 0 fully saturated rings. The number of amides is 1. The summed E-state index contributed by atoms with van der Waals surface area (Å²) in [5.74, 6) is 0.00941. The number of aryl methyl sites for hydroxylation is 1. The van der Waals surface area contributed by atoms with Crippen molar-refractivity contribution in [3.63, 3.8) is 0 Å². The van der Waals surface area contributed by atoms with E-state index in [0.717, 1.165) is 43.6 Å². The molecule has 0 saturated heterocycles. The van der Waals surface area contributed by atoms with Gasteiger partial charge in [0.05, 0.1) is 0 Å². The summed E-state index contributed by atoms with van der Waals surface area (Å²) in [4.78, 5) is 14.8. The number of aromatic nitrogens is 2. The SMILES string of the molecule is CCC(Cc1ccc(C)cc1)N(C)C(=O)c1n[nH]c2c1CNCC2. The fourth-order valence-corrected chi connectivity index (χ4v) is 3.29. The van der Waals surface area contributed by atoms with E-state index < -0.39 is 0 Å². The molecule has 0 spiro atoms. The number of fused-ring (bicyclic) bond motifs is 1. The van der Waals surface area contributed by atoms with Gasteiger partial charge in [-0.3, -0.25) is 9.89 Å². The number of benzene rings is 1. The maximum Gasteiger partial charge on any atom is 0.274 e. The lowest BCUT2D eigenvalue weighted by Gasteiger charge is -2.27. The number of H-pyrrole nitrogens is 1. The Hall–Kier alpha value is -2.14. The summed E-state index contributed by atoms with van der Waals surface area (Å²) in [5, 5.41) is 10.7. The Morgan fingerprint density at radius 2 is 2.08 bits per heavy atom. The number of rotatable bonds is 5. The molecule has 1 unspecified atom stereocenters. The largest absolute Gasteiger partial charge is 0.337 e. The van der Waals surface area contributed by atoms with Crippen LogP contribution < -0.4 is 5.32 Å². The van der Waals surface area contributed by atoms with Crippen molar-refractivity contribution in [1.29, 1.82) is 0 Å². The van der Waals surface area contributed by atoms with Gasteiger partial charge in [0.25, 0.3) is 5.91 Å². The molecule has 2 N–H and O–H groups in total. The van der Waals surface area contributed by atoms with Gasteiger partial charge in [0, 0.05) is 43.9 Å². The van der Waals surface area contributed by atoms with Gasteiger partial charge in [-0.25, -0.2) is 0 Å². The highest BCUT2D eigenvalue weighted by molar-refractivity contribution is 5.94. The zero-order chi connectivity index (χ0) is 17.1. The average Bonchev–Trinajstić information content (AvgIpc) is 3.04. The second-order valence-corrected chi connectivity index (χ2v) is 6.62. The highest BCUT2D eigenvalue weighted by Crippen LogP contribution is 2.19.